The highest BCUT2D eigenvalue weighted by molar-refractivity contribution is 8.00. The van der Waals surface area contributed by atoms with Crippen molar-refractivity contribution in [1.82, 2.24) is 5.32 Å². The van der Waals surface area contributed by atoms with Crippen LogP contribution in [0.5, 0.6) is 0 Å². The molecule has 0 bridgehead atoms. The quantitative estimate of drug-likeness (QED) is 0.163. The number of ether oxygens (including phenoxy) is 1. The van der Waals surface area contributed by atoms with Gasteiger partial charge in [-0.05, 0) is 55.7 Å². The molecule has 6 nitrogen and oxygen atoms in total. The Balaban J connectivity index is 1.69. The molecule has 0 saturated heterocycles. The van der Waals surface area contributed by atoms with Gasteiger partial charge in [0.05, 0.1) is 16.4 Å². The number of aromatic carboxylic acids is 1. The number of amides is 1. The summed E-state index contributed by atoms with van der Waals surface area (Å²) in [5.74, 6) is -0.463. The average Bonchev–Trinajstić information content (AvgIpc) is 2.97. The second kappa shape index (κ2) is 13.4. The van der Waals surface area contributed by atoms with Gasteiger partial charge in [0, 0.05) is 18.0 Å². The standard InChI is InChI=1S/C34H36N2O4S/c1-33(2,3)40-32(39)36-30(23-35-29-21-13-14-25(22-29)31(37)38)24-41-34(26-15-7-4-8-16-26,27-17-9-5-10-18-27)28-19-11-6-12-20-28/h4-22,30,35H,23-24H2,1-3H3,(H,36,39)(H,37,38). The SMILES string of the molecule is CC(C)(C)OC(=O)NC(CNc1cccc(C(=O)O)c1)CSC(c1ccccc1)(c1ccccc1)c1ccccc1. The van der Waals surface area contributed by atoms with Crippen molar-refractivity contribution in [2.24, 2.45) is 0 Å². The summed E-state index contributed by atoms with van der Waals surface area (Å²) >= 11 is 1.74. The average molecular weight is 569 g/mol. The number of carboxylic acid groups (broad SMARTS) is 1. The Morgan fingerprint density at radius 3 is 1.76 bits per heavy atom. The van der Waals surface area contributed by atoms with E-state index in [2.05, 4.69) is 47.0 Å². The van der Waals surface area contributed by atoms with Crippen LogP contribution in [0.4, 0.5) is 10.5 Å². The van der Waals surface area contributed by atoms with Gasteiger partial charge in [-0.3, -0.25) is 0 Å². The summed E-state index contributed by atoms with van der Waals surface area (Å²) in [5.41, 5.74) is 3.58. The van der Waals surface area contributed by atoms with Crippen molar-refractivity contribution >= 4 is 29.5 Å². The van der Waals surface area contributed by atoms with Crippen LogP contribution in [0.2, 0.25) is 0 Å². The third-order valence-electron chi connectivity index (χ3n) is 6.42. The fourth-order valence-electron chi connectivity index (χ4n) is 4.62. The van der Waals surface area contributed by atoms with Crippen molar-refractivity contribution in [1.29, 1.82) is 0 Å². The maximum absolute atomic E-state index is 12.9. The largest absolute Gasteiger partial charge is 0.478 e. The van der Waals surface area contributed by atoms with E-state index in [1.807, 2.05) is 81.4 Å². The second-order valence-corrected chi connectivity index (χ2v) is 11.9. The second-order valence-electron chi connectivity index (χ2n) is 10.7. The van der Waals surface area contributed by atoms with Crippen molar-refractivity contribution in [3.63, 3.8) is 0 Å². The molecule has 4 aromatic rings. The van der Waals surface area contributed by atoms with Crippen LogP contribution in [0.15, 0.2) is 115 Å². The predicted molar refractivity (Wildman–Crippen MR) is 167 cm³/mol. The van der Waals surface area contributed by atoms with Gasteiger partial charge in [0.1, 0.15) is 5.60 Å². The Labute approximate surface area is 246 Å². The first-order chi connectivity index (χ1) is 19.7. The van der Waals surface area contributed by atoms with E-state index < -0.39 is 22.4 Å². The zero-order valence-corrected chi connectivity index (χ0v) is 24.4. The zero-order valence-electron chi connectivity index (χ0n) is 23.5. The topological polar surface area (TPSA) is 87.7 Å². The van der Waals surface area contributed by atoms with Crippen LogP contribution in [0, 0.1) is 0 Å². The summed E-state index contributed by atoms with van der Waals surface area (Å²) in [5, 5.41) is 15.8. The van der Waals surface area contributed by atoms with Gasteiger partial charge in [0.2, 0.25) is 0 Å². The fourth-order valence-corrected chi connectivity index (χ4v) is 6.18. The highest BCUT2D eigenvalue weighted by atomic mass is 32.2. The molecule has 4 rings (SSSR count). The van der Waals surface area contributed by atoms with Crippen LogP contribution in [0.1, 0.15) is 47.8 Å². The number of alkyl carbamates (subject to hydrolysis) is 1. The monoisotopic (exact) mass is 568 g/mol. The van der Waals surface area contributed by atoms with Crippen LogP contribution in [0.25, 0.3) is 0 Å². The number of nitrogens with one attached hydrogen (secondary N) is 2. The summed E-state index contributed by atoms with van der Waals surface area (Å²) in [7, 11) is 0. The first-order valence-corrected chi connectivity index (χ1v) is 14.5. The van der Waals surface area contributed by atoms with E-state index in [1.54, 1.807) is 30.0 Å². The van der Waals surface area contributed by atoms with E-state index in [-0.39, 0.29) is 11.6 Å². The third-order valence-corrected chi connectivity index (χ3v) is 8.13. The Hall–Kier alpha value is -4.23. The molecular weight excluding hydrogens is 532 g/mol. The molecule has 1 unspecified atom stereocenters. The normalized spacial score (nSPS) is 12.3. The Bertz CT molecular complexity index is 1330. The molecule has 0 spiro atoms. The van der Waals surface area contributed by atoms with Crippen LogP contribution >= 0.6 is 11.8 Å². The van der Waals surface area contributed by atoms with Crippen molar-refractivity contribution in [2.45, 2.75) is 37.2 Å². The number of rotatable bonds is 11. The summed E-state index contributed by atoms with van der Waals surface area (Å²) in [6, 6.07) is 37.4. The number of carboxylic acids is 1. The lowest BCUT2D eigenvalue weighted by molar-refractivity contribution is 0.0511. The molecule has 4 aromatic carbocycles. The number of hydrogen-bond acceptors (Lipinski definition) is 5. The molecule has 0 radical (unpaired) electrons. The lowest BCUT2D eigenvalue weighted by Crippen LogP contribution is -2.45. The molecule has 0 aliphatic carbocycles. The van der Waals surface area contributed by atoms with Gasteiger partial charge in [0.15, 0.2) is 0 Å². The molecule has 212 valence electrons. The van der Waals surface area contributed by atoms with Gasteiger partial charge in [-0.2, -0.15) is 0 Å². The molecule has 1 atom stereocenters. The van der Waals surface area contributed by atoms with Crippen molar-refractivity contribution in [3.8, 4) is 0 Å². The molecule has 7 heteroatoms. The molecule has 0 fully saturated rings. The highest BCUT2D eigenvalue weighted by Gasteiger charge is 2.37. The van der Waals surface area contributed by atoms with Crippen LogP contribution in [-0.4, -0.2) is 41.1 Å². The van der Waals surface area contributed by atoms with Crippen LogP contribution in [0.3, 0.4) is 0 Å². The van der Waals surface area contributed by atoms with E-state index in [1.165, 1.54) is 0 Å². The van der Waals surface area contributed by atoms with Crippen molar-refractivity contribution in [3.05, 3.63) is 138 Å². The lowest BCUT2D eigenvalue weighted by atomic mass is 9.84. The van der Waals surface area contributed by atoms with Crippen LogP contribution < -0.4 is 10.6 Å². The van der Waals surface area contributed by atoms with Gasteiger partial charge < -0.3 is 20.5 Å². The minimum atomic E-state index is -0.994. The highest BCUT2D eigenvalue weighted by Crippen LogP contribution is 2.48. The molecule has 3 N–H and O–H groups in total. The smallest absolute Gasteiger partial charge is 0.407 e. The summed E-state index contributed by atoms with van der Waals surface area (Å²) in [6.07, 6.45) is -0.506. The fraction of sp³-hybridized carbons (Fsp3) is 0.235. The molecular formula is C34H36N2O4S. The maximum atomic E-state index is 12.9. The number of carbonyl (C=O) groups excluding carboxylic acids is 1. The predicted octanol–water partition coefficient (Wildman–Crippen LogP) is 7.42. The number of hydrogen-bond donors (Lipinski definition) is 3. The molecule has 0 heterocycles. The number of benzene rings is 4. The lowest BCUT2D eigenvalue weighted by Gasteiger charge is -2.37. The molecule has 1 amide bonds. The minimum Gasteiger partial charge on any atom is -0.478 e. The Kier molecular flexibility index (Phi) is 9.73. The molecule has 0 aliphatic heterocycles. The minimum absolute atomic E-state index is 0.192. The Morgan fingerprint density at radius 2 is 1.29 bits per heavy atom. The zero-order chi connectivity index (χ0) is 29.3. The van der Waals surface area contributed by atoms with Gasteiger partial charge in [-0.25, -0.2) is 9.59 Å². The molecule has 0 aliphatic rings. The third kappa shape index (κ3) is 7.92. The van der Waals surface area contributed by atoms with E-state index in [0.717, 1.165) is 16.7 Å². The molecule has 41 heavy (non-hydrogen) atoms. The first-order valence-electron chi connectivity index (χ1n) is 13.5. The van der Waals surface area contributed by atoms with Gasteiger partial charge in [-0.1, -0.05) is 97.1 Å². The van der Waals surface area contributed by atoms with Crippen LogP contribution in [-0.2, 0) is 9.48 Å². The maximum Gasteiger partial charge on any atom is 0.407 e. The molecule has 0 aromatic heterocycles. The number of anilines is 1. The number of thioether (sulfide) groups is 1. The summed E-state index contributed by atoms with van der Waals surface area (Å²) in [6.45, 7) is 5.86. The summed E-state index contributed by atoms with van der Waals surface area (Å²) < 4.78 is 5.04. The van der Waals surface area contributed by atoms with E-state index in [4.69, 9.17) is 4.74 Å². The van der Waals surface area contributed by atoms with Gasteiger partial charge >= 0.3 is 12.1 Å². The summed E-state index contributed by atoms with van der Waals surface area (Å²) in [4.78, 5) is 24.4. The van der Waals surface area contributed by atoms with Gasteiger partial charge in [-0.15, -0.1) is 11.8 Å². The van der Waals surface area contributed by atoms with E-state index >= 15 is 0 Å². The first kappa shape index (κ1) is 29.7. The number of carbonyl (C=O) groups is 2. The van der Waals surface area contributed by atoms with Crippen molar-refractivity contribution in [2.75, 3.05) is 17.6 Å². The Morgan fingerprint density at radius 1 is 0.780 bits per heavy atom. The van der Waals surface area contributed by atoms with Crippen molar-refractivity contribution < 1.29 is 19.4 Å². The molecule has 0 saturated carbocycles. The van der Waals surface area contributed by atoms with E-state index in [9.17, 15) is 14.7 Å². The van der Waals surface area contributed by atoms with Gasteiger partial charge in [0.25, 0.3) is 0 Å². The van der Waals surface area contributed by atoms with E-state index in [0.29, 0.717) is 18.0 Å².